The molecule has 0 amide bonds. The Morgan fingerprint density at radius 1 is 1.06 bits per heavy atom. The summed E-state index contributed by atoms with van der Waals surface area (Å²) >= 11 is 0. The monoisotopic (exact) mass is 469 g/mol. The molecule has 2 heterocycles. The quantitative estimate of drug-likeness (QED) is 0.372. The fourth-order valence-electron chi connectivity index (χ4n) is 5.58. The Labute approximate surface area is 203 Å². The van der Waals surface area contributed by atoms with Crippen LogP contribution in [-0.2, 0) is 11.2 Å². The normalized spacial score (nSPS) is 21.0. The van der Waals surface area contributed by atoms with Gasteiger partial charge in [0.25, 0.3) is 5.89 Å². The van der Waals surface area contributed by atoms with Crippen molar-refractivity contribution in [3.05, 3.63) is 71.2 Å². The number of carboxylic acids is 1. The van der Waals surface area contributed by atoms with Gasteiger partial charge >= 0.3 is 5.97 Å². The summed E-state index contributed by atoms with van der Waals surface area (Å²) in [4.78, 5) is 15.8. The van der Waals surface area contributed by atoms with Gasteiger partial charge in [0.2, 0.25) is 5.82 Å². The molecule has 1 fully saturated rings. The van der Waals surface area contributed by atoms with E-state index in [2.05, 4.69) is 48.6 Å². The van der Waals surface area contributed by atoms with Gasteiger partial charge < -0.3 is 19.4 Å². The molecule has 1 unspecified atom stereocenters. The molecule has 2 aromatic carbocycles. The standard InChI is InChI=1S/C28H27N3O4/c1-15-9-20(10-16(2)25(15)19-7-8-34-14-19)27-30-26(31-35-27)18-3-5-23-17(11-18)4-6-24(23)29-22-12-21(13-22)28(32)33/h3,5,7-11,14,21-22,24,29H,4,6,12-13H2,1-2H3,(H,32,33). The highest BCUT2D eigenvalue weighted by atomic mass is 16.5. The zero-order valence-electron chi connectivity index (χ0n) is 19.7. The molecule has 178 valence electrons. The molecule has 0 bridgehead atoms. The molecule has 0 radical (unpaired) electrons. The first-order valence-corrected chi connectivity index (χ1v) is 12.1. The van der Waals surface area contributed by atoms with Crippen molar-refractivity contribution in [2.75, 3.05) is 0 Å². The van der Waals surface area contributed by atoms with Gasteiger partial charge in [0.05, 0.1) is 18.4 Å². The molecule has 0 aliphatic heterocycles. The minimum atomic E-state index is -0.682. The van der Waals surface area contributed by atoms with Crippen LogP contribution in [-0.4, -0.2) is 27.3 Å². The lowest BCUT2D eigenvalue weighted by atomic mass is 9.80. The van der Waals surface area contributed by atoms with E-state index >= 15 is 0 Å². The Balaban J connectivity index is 1.20. The first-order valence-electron chi connectivity index (χ1n) is 12.1. The highest BCUT2D eigenvalue weighted by Gasteiger charge is 2.36. The summed E-state index contributed by atoms with van der Waals surface area (Å²) < 4.78 is 10.9. The third-order valence-corrected chi connectivity index (χ3v) is 7.42. The van der Waals surface area contributed by atoms with Gasteiger partial charge in [-0.05, 0) is 91.6 Å². The Kier molecular flexibility index (Phi) is 5.29. The smallest absolute Gasteiger partial charge is 0.306 e. The molecule has 1 saturated carbocycles. The van der Waals surface area contributed by atoms with Crippen molar-refractivity contribution >= 4 is 5.97 Å². The minimum absolute atomic E-state index is 0.197. The van der Waals surface area contributed by atoms with E-state index in [9.17, 15) is 4.79 Å². The van der Waals surface area contributed by atoms with Gasteiger partial charge in [-0.2, -0.15) is 4.98 Å². The maximum atomic E-state index is 11.1. The van der Waals surface area contributed by atoms with Crippen molar-refractivity contribution in [1.82, 2.24) is 15.5 Å². The van der Waals surface area contributed by atoms with E-state index in [1.807, 2.05) is 12.1 Å². The molecule has 1 atom stereocenters. The molecule has 2 aromatic heterocycles. The van der Waals surface area contributed by atoms with E-state index in [0.717, 1.165) is 46.2 Å². The fraction of sp³-hybridized carbons (Fsp3) is 0.321. The molecule has 2 aliphatic rings. The summed E-state index contributed by atoms with van der Waals surface area (Å²) in [5.74, 6) is 0.204. The second-order valence-electron chi connectivity index (χ2n) is 9.80. The minimum Gasteiger partial charge on any atom is -0.481 e. The van der Waals surface area contributed by atoms with Crippen molar-refractivity contribution in [1.29, 1.82) is 0 Å². The summed E-state index contributed by atoms with van der Waals surface area (Å²) in [6.07, 6.45) is 6.87. The molecule has 2 aliphatic carbocycles. The van der Waals surface area contributed by atoms with E-state index in [0.29, 0.717) is 30.6 Å². The van der Waals surface area contributed by atoms with Crippen molar-refractivity contribution in [2.24, 2.45) is 5.92 Å². The molecule has 7 heteroatoms. The van der Waals surface area contributed by atoms with Gasteiger partial charge in [0.15, 0.2) is 0 Å². The summed E-state index contributed by atoms with van der Waals surface area (Å²) in [7, 11) is 0. The van der Waals surface area contributed by atoms with Crippen LogP contribution in [0.15, 0.2) is 57.9 Å². The molecular weight excluding hydrogens is 442 g/mol. The molecule has 0 spiro atoms. The van der Waals surface area contributed by atoms with Crippen LogP contribution >= 0.6 is 0 Å². The summed E-state index contributed by atoms with van der Waals surface area (Å²) in [6, 6.07) is 13.0. The number of fused-ring (bicyclic) bond motifs is 1. The SMILES string of the molecule is Cc1cc(-c2nc(-c3ccc4c(c3)CCC4NC3CC(C(=O)O)C3)no2)cc(C)c1-c1ccoc1. The van der Waals surface area contributed by atoms with Crippen LogP contribution in [0.1, 0.15) is 47.6 Å². The van der Waals surface area contributed by atoms with Gasteiger partial charge in [0.1, 0.15) is 0 Å². The lowest BCUT2D eigenvalue weighted by Crippen LogP contribution is -2.45. The number of aromatic nitrogens is 2. The van der Waals surface area contributed by atoms with Crippen LogP contribution in [0, 0.1) is 19.8 Å². The average molecular weight is 470 g/mol. The zero-order chi connectivity index (χ0) is 24.1. The lowest BCUT2D eigenvalue weighted by Gasteiger charge is -2.35. The van der Waals surface area contributed by atoms with Gasteiger partial charge in [-0.1, -0.05) is 17.3 Å². The van der Waals surface area contributed by atoms with Gasteiger partial charge in [-0.25, -0.2) is 0 Å². The Bertz CT molecular complexity index is 1380. The van der Waals surface area contributed by atoms with E-state index in [4.69, 9.17) is 19.0 Å². The number of rotatable bonds is 6. The Morgan fingerprint density at radius 2 is 1.86 bits per heavy atom. The second-order valence-corrected chi connectivity index (χ2v) is 9.80. The van der Waals surface area contributed by atoms with Crippen LogP contribution in [0.3, 0.4) is 0 Å². The molecule has 6 rings (SSSR count). The molecule has 2 N–H and O–H groups in total. The number of hydrogen-bond acceptors (Lipinski definition) is 6. The van der Waals surface area contributed by atoms with Crippen molar-refractivity contribution < 1.29 is 18.8 Å². The van der Waals surface area contributed by atoms with Gasteiger partial charge in [-0.15, -0.1) is 0 Å². The van der Waals surface area contributed by atoms with E-state index in [-0.39, 0.29) is 12.0 Å². The lowest BCUT2D eigenvalue weighted by molar-refractivity contribution is -0.145. The number of nitrogens with one attached hydrogen (secondary N) is 1. The highest BCUT2D eigenvalue weighted by Crippen LogP contribution is 2.38. The first-order chi connectivity index (χ1) is 17.0. The number of benzene rings is 2. The van der Waals surface area contributed by atoms with E-state index in [1.165, 1.54) is 11.1 Å². The van der Waals surface area contributed by atoms with Crippen LogP contribution in [0.5, 0.6) is 0 Å². The fourth-order valence-corrected chi connectivity index (χ4v) is 5.58. The van der Waals surface area contributed by atoms with Crippen LogP contribution < -0.4 is 5.32 Å². The Morgan fingerprint density at radius 3 is 2.57 bits per heavy atom. The number of furan rings is 1. The molecule has 4 aromatic rings. The largest absolute Gasteiger partial charge is 0.481 e. The molecule has 35 heavy (non-hydrogen) atoms. The summed E-state index contributed by atoms with van der Waals surface area (Å²) in [5, 5.41) is 17.0. The predicted octanol–water partition coefficient (Wildman–Crippen LogP) is 5.72. The Hall–Kier alpha value is -3.71. The summed E-state index contributed by atoms with van der Waals surface area (Å²) in [6.45, 7) is 4.15. The summed E-state index contributed by atoms with van der Waals surface area (Å²) in [5.41, 5.74) is 8.88. The van der Waals surface area contributed by atoms with Gasteiger partial charge in [0, 0.05) is 28.8 Å². The predicted molar refractivity (Wildman–Crippen MR) is 131 cm³/mol. The van der Waals surface area contributed by atoms with Crippen LogP contribution in [0.2, 0.25) is 0 Å². The second kappa shape index (κ2) is 8.50. The topological polar surface area (TPSA) is 101 Å². The van der Waals surface area contributed by atoms with E-state index < -0.39 is 5.97 Å². The maximum absolute atomic E-state index is 11.1. The number of carboxylic acid groups (broad SMARTS) is 1. The van der Waals surface area contributed by atoms with Crippen LogP contribution in [0.25, 0.3) is 34.0 Å². The first kappa shape index (κ1) is 21.8. The maximum Gasteiger partial charge on any atom is 0.306 e. The average Bonchev–Trinajstić information content (AvgIpc) is 3.56. The number of hydrogen-bond donors (Lipinski definition) is 2. The zero-order valence-corrected chi connectivity index (χ0v) is 19.7. The molecular formula is C28H27N3O4. The third-order valence-electron chi connectivity index (χ3n) is 7.42. The highest BCUT2D eigenvalue weighted by molar-refractivity contribution is 5.74. The number of aryl methyl sites for hydroxylation is 3. The number of nitrogens with zero attached hydrogens (tertiary/aromatic N) is 2. The number of aliphatic carboxylic acids is 1. The third kappa shape index (κ3) is 3.96. The number of carbonyl (C=O) groups is 1. The van der Waals surface area contributed by atoms with Gasteiger partial charge in [-0.3, -0.25) is 4.79 Å². The van der Waals surface area contributed by atoms with E-state index in [1.54, 1.807) is 12.5 Å². The van der Waals surface area contributed by atoms with Crippen LogP contribution in [0.4, 0.5) is 0 Å². The molecule has 7 nitrogen and oxygen atoms in total. The van der Waals surface area contributed by atoms with Crippen molar-refractivity contribution in [2.45, 2.75) is 51.6 Å². The van der Waals surface area contributed by atoms with Crippen molar-refractivity contribution in [3.63, 3.8) is 0 Å². The molecule has 0 saturated heterocycles. The van der Waals surface area contributed by atoms with Crippen molar-refractivity contribution in [3.8, 4) is 34.0 Å².